The van der Waals surface area contributed by atoms with Crippen molar-refractivity contribution >= 4 is 36.0 Å². The van der Waals surface area contributed by atoms with E-state index in [1.165, 1.54) is 0 Å². The Morgan fingerprint density at radius 3 is 1.37 bits per heavy atom. The Balaban J connectivity index is 0.000000172. The van der Waals surface area contributed by atoms with E-state index in [0.29, 0.717) is 76.9 Å². The third-order valence-corrected chi connectivity index (χ3v) is 14.5. The second-order valence-electron chi connectivity index (χ2n) is 20.4. The minimum atomic E-state index is -0.531. The number of halogens is 1. The maximum Gasteiger partial charge on any atom is 0.245 e. The van der Waals surface area contributed by atoms with Crippen LogP contribution in [0.5, 0.6) is 17.2 Å². The van der Waals surface area contributed by atoms with E-state index in [1.807, 2.05) is 87.5 Å². The normalized spacial score (nSPS) is 26.6. The molecule has 6 saturated heterocycles. The number of benzene rings is 3. The zero-order valence-corrected chi connectivity index (χ0v) is 42.5. The van der Waals surface area contributed by atoms with Crippen LogP contribution in [-0.2, 0) is 38.8 Å². The van der Waals surface area contributed by atoms with Crippen LogP contribution in [0.15, 0.2) is 72.8 Å². The highest BCUT2D eigenvalue weighted by Crippen LogP contribution is 2.43. The van der Waals surface area contributed by atoms with Gasteiger partial charge in [-0.05, 0) is 71.3 Å². The molecule has 6 heterocycles. The number of amides is 4. The molecule has 3 aromatic rings. The lowest BCUT2D eigenvalue weighted by Crippen LogP contribution is -2.71. The Kier molecular flexibility index (Phi) is 17.1. The molecule has 0 bridgehead atoms. The Morgan fingerprint density at radius 1 is 0.629 bits per heavy atom. The molecule has 16 nitrogen and oxygen atoms in total. The Bertz CT molecular complexity index is 2410. The summed E-state index contributed by atoms with van der Waals surface area (Å²) >= 11 is 0. The molecule has 6 aliphatic heterocycles. The van der Waals surface area contributed by atoms with Crippen LogP contribution >= 0.6 is 12.4 Å². The molecule has 3 aromatic carbocycles. The maximum absolute atomic E-state index is 13.0. The van der Waals surface area contributed by atoms with E-state index in [0.717, 1.165) is 60.1 Å². The van der Waals surface area contributed by atoms with E-state index >= 15 is 0 Å². The molecule has 4 amide bonds. The Morgan fingerprint density at radius 2 is 1.03 bits per heavy atom. The van der Waals surface area contributed by atoms with Crippen LogP contribution in [0.3, 0.4) is 0 Å². The summed E-state index contributed by atoms with van der Waals surface area (Å²) in [5, 5.41) is 3.23. The van der Waals surface area contributed by atoms with Gasteiger partial charge in [-0.1, -0.05) is 64.1 Å². The predicted molar refractivity (Wildman–Crippen MR) is 269 cm³/mol. The molecule has 70 heavy (non-hydrogen) atoms. The number of carbonyl (C=O) groups is 4. The zero-order chi connectivity index (χ0) is 49.7. The molecule has 0 aliphatic carbocycles. The fourth-order valence-corrected chi connectivity index (χ4v) is 11.0. The van der Waals surface area contributed by atoms with E-state index in [9.17, 15) is 19.2 Å². The third-order valence-electron chi connectivity index (χ3n) is 14.5. The number of β-lactam (4-membered cyclic amide) rings is 3. The average molecular weight is 981 g/mol. The maximum atomic E-state index is 13.0. The van der Waals surface area contributed by atoms with Crippen LogP contribution in [0.1, 0.15) is 63.6 Å². The number of likely N-dealkylation sites (tertiary alicyclic amines) is 5. The summed E-state index contributed by atoms with van der Waals surface area (Å²) < 4.78 is 15.5. The lowest BCUT2D eigenvalue weighted by atomic mass is 9.82. The van der Waals surface area contributed by atoms with Gasteiger partial charge in [-0.2, -0.15) is 0 Å². The highest BCUT2D eigenvalue weighted by atomic mass is 35.5. The number of carbonyl (C=O) groups excluding carboxylic acids is 4. The van der Waals surface area contributed by atoms with Crippen molar-refractivity contribution < 1.29 is 33.4 Å². The van der Waals surface area contributed by atoms with E-state index < -0.39 is 16.6 Å². The number of hydrogen-bond donors (Lipinski definition) is 2. The topological polar surface area (TPSA) is 159 Å². The van der Waals surface area contributed by atoms with Crippen molar-refractivity contribution in [1.82, 2.24) is 29.8 Å². The number of primary amides is 1. The molecule has 17 heteroatoms. The van der Waals surface area contributed by atoms with Crippen molar-refractivity contribution in [3.8, 4) is 17.2 Å². The molecule has 0 saturated carbocycles. The first-order chi connectivity index (χ1) is 33.0. The Labute approximate surface area is 419 Å². The van der Waals surface area contributed by atoms with Crippen molar-refractivity contribution in [3.63, 3.8) is 0 Å². The standard InChI is InChI=1S/C19H27N3O3.C19H25N3O2.C15H17N3O2.ClH/c1-13(2)9-22-11-15(17(20)23)8-19(22)12-21(18(19)24)10-14-4-6-16(25-3)7-5-14;1-14(2)10-22-12-16(20-3)9-19(22)13-21(18(19)23)11-15-5-7-17(24-4)8-6-15;1-16-12-7-15(17-8-12)10-18(14(15)19)9-11-3-5-13(20-2)6-4-11;/h4-7,13,15H,8-12H2,1-3H3,(H2,20,23);5-8,14,16H,9-13H2,1-2,4H3;3-6,12,17H,7-10H2,2H3;1H/t15-,19-;16-,19?;12-,15?;/m000./s1. The summed E-state index contributed by atoms with van der Waals surface area (Å²) in [6.45, 7) is 30.6. The predicted octanol–water partition coefficient (Wildman–Crippen LogP) is 5.14. The van der Waals surface area contributed by atoms with Gasteiger partial charge < -0.3 is 44.3 Å². The number of rotatable bonds is 14. The number of hydrogen-bond acceptors (Lipinski definition) is 10. The van der Waals surface area contributed by atoms with Gasteiger partial charge in [0.05, 0.1) is 53.2 Å². The Hall–Kier alpha value is -5.91. The molecule has 0 radical (unpaired) electrons. The fourth-order valence-electron chi connectivity index (χ4n) is 11.0. The summed E-state index contributed by atoms with van der Waals surface area (Å²) in [7, 11) is 4.92. The second-order valence-corrected chi connectivity index (χ2v) is 20.4. The van der Waals surface area contributed by atoms with Gasteiger partial charge >= 0.3 is 0 Å². The molecule has 6 aliphatic rings. The average Bonchev–Trinajstić information content (AvgIpc) is 4.08. The van der Waals surface area contributed by atoms with Crippen LogP contribution in [0.2, 0.25) is 0 Å². The lowest BCUT2D eigenvalue weighted by Gasteiger charge is -2.51. The van der Waals surface area contributed by atoms with Gasteiger partial charge in [-0.3, -0.25) is 34.3 Å². The monoisotopic (exact) mass is 980 g/mol. The molecule has 3 N–H and O–H groups in total. The number of nitrogens with one attached hydrogen (secondary N) is 1. The van der Waals surface area contributed by atoms with Gasteiger partial charge in [0.2, 0.25) is 35.7 Å². The highest BCUT2D eigenvalue weighted by molar-refractivity contribution is 5.95. The van der Waals surface area contributed by atoms with Crippen LogP contribution < -0.4 is 25.3 Å². The van der Waals surface area contributed by atoms with Crippen molar-refractivity contribution in [1.29, 1.82) is 0 Å². The van der Waals surface area contributed by atoms with Crippen LogP contribution in [0, 0.1) is 30.9 Å². The van der Waals surface area contributed by atoms with Crippen LogP contribution in [0.4, 0.5) is 0 Å². The van der Waals surface area contributed by atoms with Crippen molar-refractivity contribution in [2.24, 2.45) is 23.5 Å². The molecule has 0 aromatic heterocycles. The lowest BCUT2D eigenvalue weighted by molar-refractivity contribution is -0.163. The first-order valence-electron chi connectivity index (χ1n) is 24.0. The molecule has 2 unspecified atom stereocenters. The summed E-state index contributed by atoms with van der Waals surface area (Å²) in [6.07, 6.45) is 1.88. The molecular weight excluding hydrogens is 910 g/mol. The van der Waals surface area contributed by atoms with E-state index in [4.69, 9.17) is 33.1 Å². The van der Waals surface area contributed by atoms with E-state index in [-0.39, 0.29) is 54.0 Å². The van der Waals surface area contributed by atoms with Gasteiger partial charge in [0.1, 0.15) is 33.9 Å². The van der Waals surface area contributed by atoms with E-state index in [1.54, 1.807) is 21.3 Å². The number of nitrogens with zero attached hydrogens (tertiary/aromatic N) is 7. The van der Waals surface area contributed by atoms with Gasteiger partial charge in [-0.25, -0.2) is 13.1 Å². The third kappa shape index (κ3) is 11.2. The molecule has 9 rings (SSSR count). The quantitative estimate of drug-likeness (QED) is 0.164. The number of nitrogens with two attached hydrogens (primary N) is 1. The number of methoxy groups -OCH3 is 3. The summed E-state index contributed by atoms with van der Waals surface area (Å²) in [5.41, 5.74) is 7.38. The molecule has 6 atom stereocenters. The molecular formula is C53H70ClN9O7. The number of ether oxygens (including phenoxy) is 3. The summed E-state index contributed by atoms with van der Waals surface area (Å²) in [5.74, 6) is 3.27. The van der Waals surface area contributed by atoms with Crippen molar-refractivity contribution in [2.75, 3.05) is 73.7 Å². The molecule has 3 spiro atoms. The zero-order valence-electron chi connectivity index (χ0n) is 41.7. The minimum Gasteiger partial charge on any atom is -0.497 e. The van der Waals surface area contributed by atoms with Gasteiger partial charge in [-0.15, -0.1) is 12.4 Å². The summed E-state index contributed by atoms with van der Waals surface area (Å²) in [4.78, 5) is 67.1. The molecule has 6 fully saturated rings. The summed E-state index contributed by atoms with van der Waals surface area (Å²) in [6, 6.07) is 23.2. The SMILES string of the molecule is COc1ccc(CN2C[C@@]3(C[C@H](C(N)=O)CN3CC(C)C)C2=O)cc1.Cl.[C-]#[N+][C@@H]1CN(CC(C)C)C2(C1)CN(Cc1ccc(OC)cc1)C2=O.[C-]#[N+][C@@H]1CNC2(C1)CN(Cc1ccc(OC)cc1)C2=O. The van der Waals surface area contributed by atoms with Crippen LogP contribution in [-0.4, -0.2) is 151 Å². The largest absolute Gasteiger partial charge is 0.497 e. The van der Waals surface area contributed by atoms with Gasteiger partial charge in [0.25, 0.3) is 0 Å². The molecule has 376 valence electrons. The van der Waals surface area contributed by atoms with Crippen molar-refractivity contribution in [2.45, 2.75) is 95.3 Å². The fraction of sp³-hybridized carbons (Fsp3) is 0.547. The highest BCUT2D eigenvalue weighted by Gasteiger charge is 2.63. The van der Waals surface area contributed by atoms with Crippen LogP contribution in [0.25, 0.3) is 9.69 Å². The second kappa shape index (κ2) is 22.4. The smallest absolute Gasteiger partial charge is 0.245 e. The minimum absolute atomic E-state index is 0. The van der Waals surface area contributed by atoms with Crippen molar-refractivity contribution in [3.05, 3.63) is 112 Å². The first kappa shape index (κ1) is 53.4. The van der Waals surface area contributed by atoms with Gasteiger partial charge in [0, 0.05) is 58.9 Å². The van der Waals surface area contributed by atoms with Gasteiger partial charge in [0.15, 0.2) is 0 Å². The first-order valence-corrected chi connectivity index (χ1v) is 24.0. The van der Waals surface area contributed by atoms with E-state index in [2.05, 4.69) is 52.5 Å².